The third-order valence-corrected chi connectivity index (χ3v) is 10.8. The minimum atomic E-state index is -1.02. The van der Waals surface area contributed by atoms with E-state index in [9.17, 15) is 10.2 Å². The Balaban J connectivity index is 1.36. The lowest BCUT2D eigenvalue weighted by atomic mass is 9.43. The number of aliphatic hydroxyl groups is 2. The molecule has 9 atom stereocenters. The van der Waals surface area contributed by atoms with Gasteiger partial charge in [-0.2, -0.15) is 0 Å². The monoisotopic (exact) mass is 446 g/mol. The summed E-state index contributed by atoms with van der Waals surface area (Å²) in [6, 6.07) is 1.79. The van der Waals surface area contributed by atoms with Gasteiger partial charge in [-0.25, -0.2) is 0 Å². The van der Waals surface area contributed by atoms with E-state index in [1.54, 1.807) is 12.5 Å². The van der Waals surface area contributed by atoms with Crippen LogP contribution in [0.4, 0.5) is 0 Å². The summed E-state index contributed by atoms with van der Waals surface area (Å²) in [4.78, 5) is 0. The lowest BCUT2D eigenvalue weighted by Crippen LogP contribution is -2.64. The van der Waals surface area contributed by atoms with Gasteiger partial charge in [-0.1, -0.05) is 13.8 Å². The maximum absolute atomic E-state index is 12.3. The van der Waals surface area contributed by atoms with Gasteiger partial charge in [0.05, 0.1) is 30.8 Å². The van der Waals surface area contributed by atoms with E-state index in [0.29, 0.717) is 37.8 Å². The van der Waals surface area contributed by atoms with Crippen LogP contribution in [-0.2, 0) is 10.3 Å². The van der Waals surface area contributed by atoms with Gasteiger partial charge in [0, 0.05) is 23.6 Å². The molecule has 3 unspecified atom stereocenters. The highest BCUT2D eigenvalue weighted by Crippen LogP contribution is 2.71. The summed E-state index contributed by atoms with van der Waals surface area (Å²) in [5.74, 6) is 1.36. The standard InChI is InChI=1S/C26H42N2O4/c1-23-8-5-20(32-16-19(28)14-27)13-17(23)3-4-22-21(23)6-9-24(2)25(29,10-11-26(22,24)30)18-7-12-31-15-18/h7,12,15,17,19-22,29-30H,3-6,8-11,13-14,16,27-28H2,1-2H3/t17-,19?,20+,21?,22?,23+,24-,25+,26+/m1/s1. The van der Waals surface area contributed by atoms with Crippen molar-refractivity contribution in [1.82, 2.24) is 0 Å². The highest BCUT2D eigenvalue weighted by molar-refractivity contribution is 5.30. The van der Waals surface area contributed by atoms with Crippen LogP contribution >= 0.6 is 0 Å². The maximum atomic E-state index is 12.3. The van der Waals surface area contributed by atoms with Crippen molar-refractivity contribution in [2.45, 2.75) is 95.0 Å². The average Bonchev–Trinajstić information content (AvgIpc) is 3.39. The molecule has 0 radical (unpaired) electrons. The first-order valence-corrected chi connectivity index (χ1v) is 12.7. The zero-order valence-corrected chi connectivity index (χ0v) is 19.8. The molecule has 4 saturated carbocycles. The van der Waals surface area contributed by atoms with Crippen molar-refractivity contribution in [3.63, 3.8) is 0 Å². The SMILES string of the molecule is C[C@]12CCC3C(CC[C@@H]4C[C@@H](OCC(N)CN)CC[C@]34C)[C@@]1(O)CC[C@]2(O)c1ccoc1. The topological polar surface area (TPSA) is 115 Å². The number of rotatable bonds is 5. The Bertz CT molecular complexity index is 817. The molecular weight excluding hydrogens is 404 g/mol. The molecule has 1 heterocycles. The Morgan fingerprint density at radius 2 is 1.91 bits per heavy atom. The van der Waals surface area contributed by atoms with Crippen LogP contribution in [0, 0.1) is 28.6 Å². The normalized spacial score (nSPS) is 49.2. The predicted octanol–water partition coefficient (Wildman–Crippen LogP) is 3.30. The van der Waals surface area contributed by atoms with Crippen molar-refractivity contribution in [2.24, 2.45) is 40.1 Å². The minimum Gasteiger partial charge on any atom is -0.472 e. The summed E-state index contributed by atoms with van der Waals surface area (Å²) in [5, 5.41) is 24.1. The Kier molecular flexibility index (Phi) is 5.58. The molecule has 0 saturated heterocycles. The fraction of sp³-hybridized carbons (Fsp3) is 0.846. The largest absolute Gasteiger partial charge is 0.472 e. The summed E-state index contributed by atoms with van der Waals surface area (Å²) in [5.41, 5.74) is 10.3. The van der Waals surface area contributed by atoms with Gasteiger partial charge < -0.3 is 30.8 Å². The number of nitrogens with two attached hydrogens (primary N) is 2. The third-order valence-electron chi connectivity index (χ3n) is 10.8. The van der Waals surface area contributed by atoms with Gasteiger partial charge >= 0.3 is 0 Å². The Labute approximate surface area is 192 Å². The second-order valence-electron chi connectivity index (χ2n) is 11.9. The summed E-state index contributed by atoms with van der Waals surface area (Å²) in [6.07, 6.45) is 12.2. The fourth-order valence-corrected chi connectivity index (χ4v) is 8.65. The molecule has 6 nitrogen and oxygen atoms in total. The van der Waals surface area contributed by atoms with Gasteiger partial charge in [-0.05, 0) is 87.0 Å². The molecule has 32 heavy (non-hydrogen) atoms. The zero-order chi connectivity index (χ0) is 22.8. The molecular formula is C26H42N2O4. The molecule has 6 heteroatoms. The van der Waals surface area contributed by atoms with Crippen LogP contribution in [-0.4, -0.2) is 41.1 Å². The van der Waals surface area contributed by atoms with Gasteiger partial charge in [0.1, 0.15) is 5.60 Å². The third kappa shape index (κ3) is 3.02. The van der Waals surface area contributed by atoms with E-state index >= 15 is 0 Å². The number of ether oxygens (including phenoxy) is 1. The van der Waals surface area contributed by atoms with E-state index in [-0.39, 0.29) is 23.5 Å². The Morgan fingerprint density at radius 1 is 1.09 bits per heavy atom. The number of hydrogen-bond donors (Lipinski definition) is 4. The second-order valence-corrected chi connectivity index (χ2v) is 11.9. The molecule has 0 spiro atoms. The lowest BCUT2D eigenvalue weighted by molar-refractivity contribution is -0.239. The van der Waals surface area contributed by atoms with E-state index in [2.05, 4.69) is 13.8 Å². The average molecular weight is 447 g/mol. The predicted molar refractivity (Wildman–Crippen MR) is 123 cm³/mol. The van der Waals surface area contributed by atoms with E-state index in [0.717, 1.165) is 50.5 Å². The Hall–Kier alpha value is -0.920. The molecule has 4 fully saturated rings. The van der Waals surface area contributed by atoms with Crippen molar-refractivity contribution in [3.8, 4) is 0 Å². The van der Waals surface area contributed by atoms with E-state index < -0.39 is 16.6 Å². The van der Waals surface area contributed by atoms with Crippen molar-refractivity contribution in [3.05, 3.63) is 24.2 Å². The van der Waals surface area contributed by atoms with Crippen LogP contribution in [0.5, 0.6) is 0 Å². The van der Waals surface area contributed by atoms with E-state index in [4.69, 9.17) is 20.6 Å². The summed E-state index contributed by atoms with van der Waals surface area (Å²) < 4.78 is 11.5. The maximum Gasteiger partial charge on any atom is 0.101 e. The van der Waals surface area contributed by atoms with Crippen LogP contribution in [0.3, 0.4) is 0 Å². The first-order chi connectivity index (χ1) is 15.2. The van der Waals surface area contributed by atoms with Gasteiger partial charge in [0.2, 0.25) is 0 Å². The molecule has 5 rings (SSSR count). The molecule has 180 valence electrons. The van der Waals surface area contributed by atoms with Crippen LogP contribution in [0.1, 0.15) is 77.2 Å². The molecule has 6 N–H and O–H groups in total. The van der Waals surface area contributed by atoms with Gasteiger partial charge in [0.15, 0.2) is 0 Å². The van der Waals surface area contributed by atoms with Crippen LogP contribution in [0.25, 0.3) is 0 Å². The number of hydrogen-bond acceptors (Lipinski definition) is 6. The van der Waals surface area contributed by atoms with Crippen molar-refractivity contribution >= 4 is 0 Å². The van der Waals surface area contributed by atoms with Crippen LogP contribution < -0.4 is 11.5 Å². The molecule has 4 aliphatic rings. The molecule has 0 bridgehead atoms. The molecule has 1 aromatic heterocycles. The van der Waals surface area contributed by atoms with E-state index in [1.807, 2.05) is 6.07 Å². The Morgan fingerprint density at radius 3 is 2.62 bits per heavy atom. The quantitative estimate of drug-likeness (QED) is 0.552. The van der Waals surface area contributed by atoms with Crippen LogP contribution in [0.2, 0.25) is 0 Å². The molecule has 1 aromatic rings. The lowest BCUT2D eigenvalue weighted by Gasteiger charge is -2.64. The highest BCUT2D eigenvalue weighted by atomic mass is 16.5. The smallest absolute Gasteiger partial charge is 0.101 e. The molecule has 0 amide bonds. The molecule has 0 aliphatic heterocycles. The number of fused-ring (bicyclic) bond motifs is 5. The molecule has 4 aliphatic carbocycles. The highest BCUT2D eigenvalue weighted by Gasteiger charge is 2.72. The minimum absolute atomic E-state index is 0.0827. The summed E-state index contributed by atoms with van der Waals surface area (Å²) in [6.45, 7) is 5.60. The van der Waals surface area contributed by atoms with Crippen molar-refractivity contribution in [1.29, 1.82) is 0 Å². The van der Waals surface area contributed by atoms with Gasteiger partial charge in [-0.15, -0.1) is 0 Å². The van der Waals surface area contributed by atoms with Crippen molar-refractivity contribution < 1.29 is 19.4 Å². The van der Waals surface area contributed by atoms with Gasteiger partial charge in [-0.3, -0.25) is 0 Å². The van der Waals surface area contributed by atoms with Crippen LogP contribution in [0.15, 0.2) is 23.0 Å². The van der Waals surface area contributed by atoms with Crippen molar-refractivity contribution in [2.75, 3.05) is 13.2 Å². The van der Waals surface area contributed by atoms with E-state index in [1.165, 1.54) is 0 Å². The second kappa shape index (κ2) is 7.81. The molecule has 0 aromatic carbocycles. The first-order valence-electron chi connectivity index (χ1n) is 12.7. The number of furan rings is 1. The van der Waals surface area contributed by atoms with Gasteiger partial charge in [0.25, 0.3) is 0 Å². The fourth-order valence-electron chi connectivity index (χ4n) is 8.65. The zero-order valence-electron chi connectivity index (χ0n) is 19.8. The summed E-state index contributed by atoms with van der Waals surface area (Å²) >= 11 is 0. The first kappa shape index (κ1) is 22.9. The summed E-state index contributed by atoms with van der Waals surface area (Å²) in [7, 11) is 0.